The third-order valence-corrected chi connectivity index (χ3v) is 13.4. The smallest absolute Gasteiger partial charge is 0.497 e. The van der Waals surface area contributed by atoms with Gasteiger partial charge in [0, 0.05) is 34.7 Å². The number of hydrogen-bond donors (Lipinski definition) is 6. The molecular weight excluding hydrogens is 984 g/mol. The molecule has 0 saturated heterocycles. The zero-order valence-corrected chi connectivity index (χ0v) is 41.0. The molecular formula is C56H46F3N9O8. The maximum atomic E-state index is 12.8. The lowest BCUT2D eigenvalue weighted by Gasteiger charge is -2.09. The topological polar surface area (TPSA) is 231 Å². The minimum Gasteiger partial charge on any atom is -0.497 e. The number of aryl methyl sites for hydroxylation is 3. The molecule has 384 valence electrons. The van der Waals surface area contributed by atoms with Gasteiger partial charge < -0.3 is 24.8 Å². The van der Waals surface area contributed by atoms with Crippen LogP contribution in [0.25, 0.3) is 82.5 Å². The summed E-state index contributed by atoms with van der Waals surface area (Å²) >= 11 is 0. The largest absolute Gasteiger partial charge is 0.573 e. The van der Waals surface area contributed by atoms with Gasteiger partial charge in [-0.2, -0.15) is 0 Å². The molecule has 0 bridgehead atoms. The Morgan fingerprint density at radius 1 is 0.461 bits per heavy atom. The van der Waals surface area contributed by atoms with Crippen LogP contribution in [0.4, 0.5) is 13.2 Å². The van der Waals surface area contributed by atoms with Crippen molar-refractivity contribution >= 4 is 65.4 Å². The van der Waals surface area contributed by atoms with Gasteiger partial charge in [-0.1, -0.05) is 54.6 Å². The van der Waals surface area contributed by atoms with Gasteiger partial charge in [0.1, 0.15) is 11.5 Å². The molecule has 0 aliphatic rings. The number of aliphatic hydroxyl groups excluding tert-OH is 3. The van der Waals surface area contributed by atoms with E-state index in [0.29, 0.717) is 38.3 Å². The van der Waals surface area contributed by atoms with Gasteiger partial charge in [0.05, 0.1) is 93.3 Å². The van der Waals surface area contributed by atoms with Crippen molar-refractivity contribution in [3.05, 3.63) is 198 Å². The van der Waals surface area contributed by atoms with Crippen LogP contribution < -0.4 is 26.2 Å². The van der Waals surface area contributed by atoms with E-state index < -0.39 is 6.36 Å². The van der Waals surface area contributed by atoms with Crippen molar-refractivity contribution in [3.8, 4) is 28.6 Å². The molecule has 12 rings (SSSR count). The first-order valence-corrected chi connectivity index (χ1v) is 23.6. The Bertz CT molecular complexity index is 4350. The Balaban J connectivity index is 0.000000130. The highest BCUT2D eigenvalue weighted by atomic mass is 19.4. The van der Waals surface area contributed by atoms with Crippen molar-refractivity contribution in [1.29, 1.82) is 0 Å². The van der Waals surface area contributed by atoms with Crippen LogP contribution in [-0.4, -0.2) is 73.1 Å². The van der Waals surface area contributed by atoms with Gasteiger partial charge in [-0.25, -0.2) is 14.0 Å². The summed E-state index contributed by atoms with van der Waals surface area (Å²) in [6, 6.07) is 32.7. The van der Waals surface area contributed by atoms with Crippen molar-refractivity contribution in [1.82, 2.24) is 44.3 Å². The molecule has 0 aliphatic heterocycles. The molecule has 0 radical (unpaired) electrons. The molecule has 0 fully saturated rings. The molecule has 0 amide bonds. The van der Waals surface area contributed by atoms with E-state index in [9.17, 15) is 42.9 Å². The fourth-order valence-electron chi connectivity index (χ4n) is 9.21. The second-order valence-corrected chi connectivity index (χ2v) is 17.7. The highest BCUT2D eigenvalue weighted by Crippen LogP contribution is 2.30. The van der Waals surface area contributed by atoms with Gasteiger partial charge in [0.25, 0.3) is 16.7 Å². The van der Waals surface area contributed by atoms with Crippen LogP contribution >= 0.6 is 0 Å². The number of rotatable bonds is 8. The van der Waals surface area contributed by atoms with Gasteiger partial charge >= 0.3 is 6.36 Å². The van der Waals surface area contributed by atoms with Crippen molar-refractivity contribution in [2.45, 2.75) is 47.0 Å². The first kappa shape index (κ1) is 50.2. The molecule has 0 spiro atoms. The summed E-state index contributed by atoms with van der Waals surface area (Å²) in [6.45, 7) is 5.50. The highest BCUT2D eigenvalue weighted by molar-refractivity contribution is 6.06. The second-order valence-electron chi connectivity index (χ2n) is 17.7. The average molecular weight is 1030 g/mol. The number of pyridine rings is 3. The zero-order chi connectivity index (χ0) is 53.6. The van der Waals surface area contributed by atoms with Crippen LogP contribution in [0, 0.1) is 20.8 Å². The Labute approximate surface area is 427 Å². The number of aromatic amines is 3. The molecule has 20 heteroatoms. The maximum absolute atomic E-state index is 12.8. The molecule has 6 aromatic heterocycles. The Kier molecular flexibility index (Phi) is 13.3. The van der Waals surface area contributed by atoms with Crippen LogP contribution in [0.15, 0.2) is 148 Å². The van der Waals surface area contributed by atoms with Crippen molar-refractivity contribution < 1.29 is 38.0 Å². The van der Waals surface area contributed by atoms with E-state index >= 15 is 0 Å². The van der Waals surface area contributed by atoms with E-state index in [1.54, 1.807) is 43.8 Å². The molecule has 6 N–H and O–H groups in total. The quantitative estimate of drug-likeness (QED) is 0.0841. The van der Waals surface area contributed by atoms with Crippen LogP contribution in [-0.2, 0) is 19.8 Å². The monoisotopic (exact) mass is 1030 g/mol. The van der Waals surface area contributed by atoms with Crippen LogP contribution in [0.5, 0.6) is 11.5 Å². The fraction of sp³-hybridized carbons (Fsp3) is 0.143. The predicted molar refractivity (Wildman–Crippen MR) is 283 cm³/mol. The molecule has 6 aromatic carbocycles. The number of aliphatic hydroxyl groups is 3. The lowest BCUT2D eigenvalue weighted by molar-refractivity contribution is -0.274. The number of halogens is 3. The normalized spacial score (nSPS) is 11.6. The standard InChI is InChI=1S/C19H14F3N3O3.C19H17N3O3.C18H15N3O2/c1-10-11(9-26)2-7-14-16(10)23-8-15-17(14)24-25(18(15)27)12-3-5-13(6-4-12)28-19(20,21)22;1-11-12(10-23)3-8-15-17(11)20-9-16-18(15)21-22(19(16)24)13-4-6-14(25-2)7-5-13;1-11-12(10-22)7-8-14-16(11)19-9-15-17(14)20-21(18(15)23)13-5-3-2-4-6-13/h2-8,24,26H,9H2,1H3;3-9,21,23H,10H2,1-2H3;2-9,20,22H,10H2,1H3. The van der Waals surface area contributed by atoms with Gasteiger partial charge in [-0.15, -0.1) is 13.2 Å². The van der Waals surface area contributed by atoms with E-state index in [1.807, 2.05) is 87.5 Å². The Morgan fingerprint density at radius 2 is 0.789 bits per heavy atom. The SMILES string of the molecule is COc1ccc(-n2[nH]c3c(cnc4c(C)c(CO)ccc43)c2=O)cc1.Cc1c(CO)ccc2c1ncc1c(=O)n(-c3ccc(OC(F)(F)F)cc3)[nH]c12.Cc1c(CO)ccc2c1ncc1c(=O)n(-c3ccccc3)[nH]c12. The van der Waals surface area contributed by atoms with Gasteiger partial charge in [0.15, 0.2) is 0 Å². The summed E-state index contributed by atoms with van der Waals surface area (Å²) in [6.07, 6.45) is -0.146. The summed E-state index contributed by atoms with van der Waals surface area (Å²) in [4.78, 5) is 51.4. The van der Waals surface area contributed by atoms with Crippen LogP contribution in [0.1, 0.15) is 33.4 Å². The number of alkyl halides is 3. The van der Waals surface area contributed by atoms with Crippen LogP contribution in [0.2, 0.25) is 0 Å². The van der Waals surface area contributed by atoms with E-state index in [2.05, 4.69) is 35.0 Å². The molecule has 0 unspecified atom stereocenters. The van der Waals surface area contributed by atoms with Crippen molar-refractivity contribution in [2.24, 2.45) is 0 Å². The van der Waals surface area contributed by atoms with E-state index in [4.69, 9.17) is 4.74 Å². The number of benzene rings is 6. The summed E-state index contributed by atoms with van der Waals surface area (Å²) in [5.41, 5.74) is 10.6. The Hall–Kier alpha value is -9.37. The number of fused-ring (bicyclic) bond motifs is 9. The van der Waals surface area contributed by atoms with Crippen molar-refractivity contribution in [3.63, 3.8) is 0 Å². The number of para-hydroxylation sites is 1. The highest BCUT2D eigenvalue weighted by Gasteiger charge is 2.31. The lowest BCUT2D eigenvalue weighted by atomic mass is 10.0. The van der Waals surface area contributed by atoms with Crippen molar-refractivity contribution in [2.75, 3.05) is 7.11 Å². The molecule has 6 heterocycles. The number of H-pyrrole nitrogens is 3. The number of nitrogens with zero attached hydrogens (tertiary/aromatic N) is 6. The molecule has 76 heavy (non-hydrogen) atoms. The van der Waals surface area contributed by atoms with E-state index in [-0.39, 0.29) is 42.2 Å². The second kappa shape index (κ2) is 20.2. The van der Waals surface area contributed by atoms with Gasteiger partial charge in [0.2, 0.25) is 0 Å². The summed E-state index contributed by atoms with van der Waals surface area (Å²) < 4.78 is 50.2. The minimum absolute atomic E-state index is 0.0248. The van der Waals surface area contributed by atoms with Gasteiger partial charge in [-0.3, -0.25) is 44.6 Å². The number of ether oxygens (including phenoxy) is 2. The molecule has 0 atom stereocenters. The summed E-state index contributed by atoms with van der Waals surface area (Å²) in [5, 5.41) is 41.5. The van der Waals surface area contributed by atoms with E-state index in [1.165, 1.54) is 32.4 Å². The third-order valence-electron chi connectivity index (χ3n) is 13.4. The average Bonchev–Trinajstić information content (AvgIpc) is 4.11. The first-order valence-electron chi connectivity index (χ1n) is 23.6. The lowest BCUT2D eigenvalue weighted by Crippen LogP contribution is -2.17. The summed E-state index contributed by atoms with van der Waals surface area (Å²) in [5.74, 6) is 0.354. The summed E-state index contributed by atoms with van der Waals surface area (Å²) in [7, 11) is 1.60. The fourth-order valence-corrected chi connectivity index (χ4v) is 9.21. The molecule has 17 nitrogen and oxygen atoms in total. The number of aromatic nitrogens is 9. The third kappa shape index (κ3) is 9.09. The predicted octanol–water partition coefficient (Wildman–Crippen LogP) is 8.91. The number of methoxy groups -OCH3 is 1. The zero-order valence-electron chi connectivity index (χ0n) is 41.0. The molecule has 12 aromatic rings. The number of nitrogens with one attached hydrogen (secondary N) is 3. The van der Waals surface area contributed by atoms with Crippen LogP contribution in [0.3, 0.4) is 0 Å². The Morgan fingerprint density at radius 3 is 1.11 bits per heavy atom. The first-order chi connectivity index (χ1) is 36.6. The maximum Gasteiger partial charge on any atom is 0.573 e. The van der Waals surface area contributed by atoms with E-state index in [0.717, 1.165) is 95.5 Å². The molecule has 0 saturated carbocycles. The van der Waals surface area contributed by atoms with Gasteiger partial charge in [-0.05, 0) is 115 Å². The minimum atomic E-state index is -4.78. The molecule has 0 aliphatic carbocycles. The number of hydrogen-bond acceptors (Lipinski definition) is 11.